The molecule has 4 rings (SSSR count). The van der Waals surface area contributed by atoms with Gasteiger partial charge in [0.1, 0.15) is 11.4 Å². The highest BCUT2D eigenvalue weighted by Crippen LogP contribution is 2.25. The lowest BCUT2D eigenvalue weighted by Gasteiger charge is -2.14. The molecule has 1 fully saturated rings. The first-order valence-electron chi connectivity index (χ1n) is 10.8. The lowest BCUT2D eigenvalue weighted by molar-refractivity contribution is -0.113. The molecule has 0 spiro atoms. The molecule has 1 aliphatic rings. The maximum Gasteiger partial charge on any atom is 0.272 e. The summed E-state index contributed by atoms with van der Waals surface area (Å²) in [7, 11) is 0. The number of hydrogen-bond donors (Lipinski definition) is 2. The van der Waals surface area contributed by atoms with E-state index in [0.717, 1.165) is 29.0 Å². The number of carbonyl (C=O) groups excluding carboxylic acids is 2. The second kappa shape index (κ2) is 10.3. The summed E-state index contributed by atoms with van der Waals surface area (Å²) in [5.74, 6) is 0.0906. The molecule has 0 atom stereocenters. The highest BCUT2D eigenvalue weighted by molar-refractivity contribution is 7.10. The van der Waals surface area contributed by atoms with E-state index >= 15 is 0 Å². The van der Waals surface area contributed by atoms with Crippen molar-refractivity contribution in [3.63, 3.8) is 0 Å². The molecule has 2 aromatic carbocycles. The second-order valence-electron chi connectivity index (χ2n) is 7.90. The quantitative estimate of drug-likeness (QED) is 0.452. The summed E-state index contributed by atoms with van der Waals surface area (Å²) in [6.45, 7) is 1.92. The van der Waals surface area contributed by atoms with Crippen LogP contribution in [0.4, 0.5) is 5.69 Å². The SMILES string of the molecule is Cc1cccc(C(=O)N/C(=C\c2cccs2)C(=O)Nc2ccc(OC3CCCC3)cc2)c1. The molecule has 6 heteroatoms. The number of benzene rings is 2. The van der Waals surface area contributed by atoms with Gasteiger partial charge in [0.2, 0.25) is 0 Å². The molecule has 1 aromatic heterocycles. The van der Waals surface area contributed by atoms with Gasteiger partial charge in [-0.1, -0.05) is 23.8 Å². The first-order chi connectivity index (χ1) is 15.6. The summed E-state index contributed by atoms with van der Waals surface area (Å²) in [5, 5.41) is 7.56. The van der Waals surface area contributed by atoms with E-state index in [1.807, 2.05) is 60.8 Å². The van der Waals surface area contributed by atoms with E-state index in [-0.39, 0.29) is 23.6 Å². The average molecular weight is 447 g/mol. The zero-order valence-corrected chi connectivity index (χ0v) is 18.8. The normalized spacial score (nSPS) is 14.2. The van der Waals surface area contributed by atoms with Crippen molar-refractivity contribution in [3.8, 4) is 5.75 Å². The van der Waals surface area contributed by atoms with Crippen molar-refractivity contribution in [2.24, 2.45) is 0 Å². The summed E-state index contributed by atoms with van der Waals surface area (Å²) in [6.07, 6.45) is 6.59. The van der Waals surface area contributed by atoms with E-state index in [2.05, 4.69) is 10.6 Å². The molecule has 2 N–H and O–H groups in total. The van der Waals surface area contributed by atoms with Gasteiger partial charge in [-0.15, -0.1) is 11.3 Å². The van der Waals surface area contributed by atoms with Gasteiger partial charge in [0, 0.05) is 16.1 Å². The Bertz CT molecular complexity index is 1100. The first-order valence-corrected chi connectivity index (χ1v) is 11.7. The maximum absolute atomic E-state index is 13.0. The molecule has 0 unspecified atom stereocenters. The zero-order valence-electron chi connectivity index (χ0n) is 18.0. The minimum absolute atomic E-state index is 0.185. The molecule has 5 nitrogen and oxygen atoms in total. The number of ether oxygens (including phenoxy) is 1. The molecule has 0 saturated heterocycles. The fraction of sp³-hybridized carbons (Fsp3) is 0.231. The largest absolute Gasteiger partial charge is 0.490 e. The Balaban J connectivity index is 1.47. The summed E-state index contributed by atoms with van der Waals surface area (Å²) >= 11 is 1.49. The molecule has 1 aliphatic carbocycles. The van der Waals surface area contributed by atoms with Crippen LogP contribution in [-0.4, -0.2) is 17.9 Å². The average Bonchev–Trinajstić information content (AvgIpc) is 3.49. The van der Waals surface area contributed by atoms with E-state index in [4.69, 9.17) is 4.74 Å². The van der Waals surface area contributed by atoms with Gasteiger partial charge in [-0.3, -0.25) is 9.59 Å². The minimum Gasteiger partial charge on any atom is -0.490 e. The third kappa shape index (κ3) is 5.86. The van der Waals surface area contributed by atoms with E-state index in [1.54, 1.807) is 18.2 Å². The van der Waals surface area contributed by atoms with Crippen LogP contribution in [0.1, 0.15) is 46.5 Å². The number of carbonyl (C=O) groups is 2. The van der Waals surface area contributed by atoms with E-state index < -0.39 is 0 Å². The molecule has 0 aliphatic heterocycles. The van der Waals surface area contributed by atoms with Crippen molar-refractivity contribution < 1.29 is 14.3 Å². The van der Waals surface area contributed by atoms with Crippen molar-refractivity contribution in [1.82, 2.24) is 5.32 Å². The van der Waals surface area contributed by atoms with E-state index in [9.17, 15) is 9.59 Å². The highest BCUT2D eigenvalue weighted by Gasteiger charge is 2.17. The monoisotopic (exact) mass is 446 g/mol. The van der Waals surface area contributed by atoms with Crippen LogP contribution < -0.4 is 15.4 Å². The van der Waals surface area contributed by atoms with Crippen LogP contribution in [0.2, 0.25) is 0 Å². The molecule has 1 saturated carbocycles. The third-order valence-corrected chi connectivity index (χ3v) is 6.14. The zero-order chi connectivity index (χ0) is 22.3. The Morgan fingerprint density at radius 1 is 1.03 bits per heavy atom. The molecular formula is C26H26N2O3S. The fourth-order valence-corrected chi connectivity index (χ4v) is 4.33. The number of hydrogen-bond acceptors (Lipinski definition) is 4. The van der Waals surface area contributed by atoms with Crippen LogP contribution in [0, 0.1) is 6.92 Å². The van der Waals surface area contributed by atoms with Crippen LogP contribution in [0.5, 0.6) is 5.75 Å². The van der Waals surface area contributed by atoms with Crippen LogP contribution in [0.15, 0.2) is 71.7 Å². The van der Waals surface area contributed by atoms with Crippen LogP contribution in [0.3, 0.4) is 0 Å². The van der Waals surface area contributed by atoms with Crippen LogP contribution >= 0.6 is 11.3 Å². The van der Waals surface area contributed by atoms with Gasteiger partial charge in [-0.2, -0.15) is 0 Å². The molecule has 1 heterocycles. The summed E-state index contributed by atoms with van der Waals surface area (Å²) in [6, 6.07) is 18.4. The Morgan fingerprint density at radius 2 is 1.81 bits per heavy atom. The Hall–Kier alpha value is -3.38. The van der Waals surface area contributed by atoms with Gasteiger partial charge in [0.25, 0.3) is 11.8 Å². The maximum atomic E-state index is 13.0. The molecule has 164 valence electrons. The lowest BCUT2D eigenvalue weighted by atomic mass is 10.1. The molecule has 2 amide bonds. The van der Waals surface area contributed by atoms with Crippen molar-refractivity contribution in [2.45, 2.75) is 38.7 Å². The van der Waals surface area contributed by atoms with Gasteiger partial charge >= 0.3 is 0 Å². The predicted octanol–water partition coefficient (Wildman–Crippen LogP) is 5.79. The highest BCUT2D eigenvalue weighted by atomic mass is 32.1. The molecule has 3 aromatic rings. The first kappa shape index (κ1) is 21.8. The van der Waals surface area contributed by atoms with Crippen LogP contribution in [0.25, 0.3) is 6.08 Å². The number of nitrogens with one attached hydrogen (secondary N) is 2. The number of amides is 2. The Morgan fingerprint density at radius 3 is 2.50 bits per heavy atom. The van der Waals surface area contributed by atoms with Gasteiger partial charge in [-0.25, -0.2) is 0 Å². The summed E-state index contributed by atoms with van der Waals surface area (Å²) < 4.78 is 5.98. The number of rotatable bonds is 7. The van der Waals surface area contributed by atoms with Crippen molar-refractivity contribution in [1.29, 1.82) is 0 Å². The van der Waals surface area contributed by atoms with E-state index in [0.29, 0.717) is 11.3 Å². The number of anilines is 1. The Kier molecular flexibility index (Phi) is 7.02. The van der Waals surface area contributed by atoms with Gasteiger partial charge in [-0.05, 0) is 86.5 Å². The number of aryl methyl sites for hydroxylation is 1. The summed E-state index contributed by atoms with van der Waals surface area (Å²) in [4.78, 5) is 26.6. The predicted molar refractivity (Wildman–Crippen MR) is 129 cm³/mol. The van der Waals surface area contributed by atoms with Crippen molar-refractivity contribution in [3.05, 3.63) is 87.7 Å². The topological polar surface area (TPSA) is 67.4 Å². The smallest absolute Gasteiger partial charge is 0.272 e. The number of thiophene rings is 1. The lowest BCUT2D eigenvalue weighted by Crippen LogP contribution is -2.30. The molecule has 0 bridgehead atoms. The standard InChI is InChI=1S/C26H26N2O3S/c1-18-6-4-7-19(16-18)25(29)28-24(17-23-10-5-15-32-23)26(30)27-20-11-13-22(14-12-20)31-21-8-2-3-9-21/h4-7,10-17,21H,2-3,8-9H2,1H3,(H,27,30)(H,28,29)/b24-17-. The van der Waals surface area contributed by atoms with Crippen LogP contribution in [-0.2, 0) is 4.79 Å². The minimum atomic E-state index is -0.385. The second-order valence-corrected chi connectivity index (χ2v) is 8.88. The Labute approximate surface area is 192 Å². The third-order valence-electron chi connectivity index (χ3n) is 5.32. The molecule has 32 heavy (non-hydrogen) atoms. The van der Waals surface area contributed by atoms with Crippen molar-refractivity contribution in [2.75, 3.05) is 5.32 Å². The van der Waals surface area contributed by atoms with Gasteiger partial charge in [0.05, 0.1) is 6.10 Å². The van der Waals surface area contributed by atoms with Gasteiger partial charge < -0.3 is 15.4 Å². The van der Waals surface area contributed by atoms with Crippen molar-refractivity contribution >= 4 is 34.9 Å². The summed E-state index contributed by atoms with van der Waals surface area (Å²) in [5.41, 5.74) is 2.30. The molecule has 0 radical (unpaired) electrons. The van der Waals surface area contributed by atoms with Gasteiger partial charge in [0.15, 0.2) is 0 Å². The molecular weight excluding hydrogens is 420 g/mol. The van der Waals surface area contributed by atoms with E-state index in [1.165, 1.54) is 24.2 Å². The fourth-order valence-electron chi connectivity index (χ4n) is 3.67.